The van der Waals surface area contributed by atoms with Crippen LogP contribution in [0.4, 0.5) is 5.69 Å². The number of hydrogen-bond donors (Lipinski definition) is 0. The molecule has 0 unspecified atom stereocenters. The Kier molecular flexibility index (Phi) is 4.39. The first-order valence-electron chi connectivity index (χ1n) is 6.57. The van der Waals surface area contributed by atoms with Gasteiger partial charge in [0, 0.05) is 24.7 Å². The Hall–Kier alpha value is -2.03. The monoisotopic (exact) mass is 257 g/mol. The quantitative estimate of drug-likeness (QED) is 0.739. The smallest absolute Gasteiger partial charge is 0.199 e. The van der Waals surface area contributed by atoms with Crippen LogP contribution >= 0.6 is 0 Å². The molecule has 0 aliphatic carbocycles. The summed E-state index contributed by atoms with van der Waals surface area (Å²) in [4.78, 5) is 14.2. The summed E-state index contributed by atoms with van der Waals surface area (Å²) in [5.74, 6) is 0.489. The molecular weight excluding hydrogens is 238 g/mol. The molecule has 0 aliphatic heterocycles. The predicted octanol–water partition coefficient (Wildman–Crippen LogP) is 3.77. The van der Waals surface area contributed by atoms with E-state index in [1.807, 2.05) is 18.2 Å². The van der Waals surface area contributed by atoms with Gasteiger partial charge in [-0.05, 0) is 38.1 Å². The third kappa shape index (κ3) is 3.47. The van der Waals surface area contributed by atoms with E-state index in [4.69, 9.17) is 4.42 Å². The molecule has 0 fully saturated rings. The molecular formula is C16H19NO2. The normalized spacial score (nSPS) is 10.7. The Morgan fingerprint density at radius 3 is 2.47 bits per heavy atom. The van der Waals surface area contributed by atoms with Crippen molar-refractivity contribution in [2.45, 2.75) is 26.3 Å². The molecule has 0 aliphatic rings. The molecule has 1 heterocycles. The molecule has 3 heteroatoms. The number of nitrogens with zero attached hydrogens (tertiary/aromatic N) is 1. The number of furan rings is 1. The van der Waals surface area contributed by atoms with Crippen molar-refractivity contribution in [2.24, 2.45) is 0 Å². The van der Waals surface area contributed by atoms with Crippen molar-refractivity contribution >= 4 is 11.5 Å². The molecule has 3 nitrogen and oxygen atoms in total. The van der Waals surface area contributed by atoms with E-state index in [0.29, 0.717) is 24.8 Å². The summed E-state index contributed by atoms with van der Waals surface area (Å²) < 4.78 is 5.13. The topological polar surface area (TPSA) is 33.5 Å². The fraction of sp³-hybridized carbons (Fsp3) is 0.312. The maximum absolute atomic E-state index is 11.9. The van der Waals surface area contributed by atoms with Gasteiger partial charge in [-0.1, -0.05) is 18.2 Å². The van der Waals surface area contributed by atoms with E-state index in [0.717, 1.165) is 5.69 Å². The van der Waals surface area contributed by atoms with Crippen LogP contribution in [0.25, 0.3) is 0 Å². The van der Waals surface area contributed by atoms with Crippen molar-refractivity contribution in [2.75, 3.05) is 11.4 Å². The zero-order chi connectivity index (χ0) is 13.7. The molecule has 0 saturated carbocycles. The van der Waals surface area contributed by atoms with E-state index < -0.39 is 0 Å². The first-order chi connectivity index (χ1) is 9.18. The molecule has 0 spiro atoms. The van der Waals surface area contributed by atoms with Crippen LogP contribution in [-0.2, 0) is 0 Å². The van der Waals surface area contributed by atoms with Crippen LogP contribution in [0.15, 0.2) is 53.1 Å². The van der Waals surface area contributed by atoms with Gasteiger partial charge in [0.2, 0.25) is 0 Å². The highest BCUT2D eigenvalue weighted by atomic mass is 16.3. The summed E-state index contributed by atoms with van der Waals surface area (Å²) in [5, 5.41) is 0. The van der Waals surface area contributed by atoms with E-state index in [-0.39, 0.29) is 5.78 Å². The standard InChI is InChI=1S/C16H19NO2/c1-13(2)17(14-7-4-3-5-8-14)11-10-15(18)16-9-6-12-19-16/h3-9,12-13H,10-11H2,1-2H3. The Bertz CT molecular complexity index is 503. The second kappa shape index (κ2) is 6.23. The van der Waals surface area contributed by atoms with Gasteiger partial charge in [0.25, 0.3) is 0 Å². The number of anilines is 1. The minimum absolute atomic E-state index is 0.0478. The maximum atomic E-state index is 11.9. The predicted molar refractivity (Wildman–Crippen MR) is 76.6 cm³/mol. The summed E-state index contributed by atoms with van der Waals surface area (Å²) in [6, 6.07) is 14.0. The molecule has 0 N–H and O–H groups in total. The van der Waals surface area contributed by atoms with Gasteiger partial charge in [-0.3, -0.25) is 4.79 Å². The Morgan fingerprint density at radius 2 is 1.89 bits per heavy atom. The van der Waals surface area contributed by atoms with Gasteiger partial charge in [-0.25, -0.2) is 0 Å². The van der Waals surface area contributed by atoms with Crippen LogP contribution in [0, 0.1) is 0 Å². The lowest BCUT2D eigenvalue weighted by atomic mass is 10.1. The van der Waals surface area contributed by atoms with Crippen LogP contribution in [0.5, 0.6) is 0 Å². The van der Waals surface area contributed by atoms with Gasteiger partial charge in [0.15, 0.2) is 11.5 Å². The average molecular weight is 257 g/mol. The fourth-order valence-electron chi connectivity index (χ4n) is 2.09. The number of benzene rings is 1. The van der Waals surface area contributed by atoms with Gasteiger partial charge < -0.3 is 9.32 Å². The summed E-state index contributed by atoms with van der Waals surface area (Å²) in [7, 11) is 0. The largest absolute Gasteiger partial charge is 0.461 e. The first-order valence-corrected chi connectivity index (χ1v) is 6.57. The minimum Gasteiger partial charge on any atom is -0.461 e. The minimum atomic E-state index is 0.0478. The molecule has 2 rings (SSSR count). The molecule has 19 heavy (non-hydrogen) atoms. The van der Waals surface area contributed by atoms with Crippen LogP contribution in [0.1, 0.15) is 30.8 Å². The molecule has 1 aromatic heterocycles. The van der Waals surface area contributed by atoms with E-state index in [1.54, 1.807) is 12.1 Å². The number of hydrogen-bond acceptors (Lipinski definition) is 3. The number of carbonyl (C=O) groups is 1. The van der Waals surface area contributed by atoms with Crippen molar-refractivity contribution < 1.29 is 9.21 Å². The fourth-order valence-corrected chi connectivity index (χ4v) is 2.09. The molecule has 2 aromatic rings. The lowest BCUT2D eigenvalue weighted by Crippen LogP contribution is -2.32. The third-order valence-electron chi connectivity index (χ3n) is 3.09. The van der Waals surface area contributed by atoms with Crippen molar-refractivity contribution in [3.63, 3.8) is 0 Å². The highest BCUT2D eigenvalue weighted by Gasteiger charge is 2.14. The van der Waals surface area contributed by atoms with Gasteiger partial charge in [0.05, 0.1) is 6.26 Å². The summed E-state index contributed by atoms with van der Waals surface area (Å²) in [5.41, 5.74) is 1.14. The molecule has 0 atom stereocenters. The second-order valence-electron chi connectivity index (χ2n) is 4.77. The van der Waals surface area contributed by atoms with E-state index in [9.17, 15) is 4.79 Å². The molecule has 0 radical (unpaired) electrons. The van der Waals surface area contributed by atoms with Crippen molar-refractivity contribution in [1.82, 2.24) is 0 Å². The first kappa shape index (κ1) is 13.4. The number of carbonyl (C=O) groups excluding carboxylic acids is 1. The van der Waals surface area contributed by atoms with Crippen LogP contribution in [0.3, 0.4) is 0 Å². The zero-order valence-corrected chi connectivity index (χ0v) is 11.4. The maximum Gasteiger partial charge on any atom is 0.199 e. The zero-order valence-electron chi connectivity index (χ0n) is 11.4. The average Bonchev–Trinajstić information content (AvgIpc) is 2.93. The SMILES string of the molecule is CC(C)N(CCC(=O)c1ccco1)c1ccccc1. The molecule has 100 valence electrons. The highest BCUT2D eigenvalue weighted by Crippen LogP contribution is 2.17. The third-order valence-corrected chi connectivity index (χ3v) is 3.09. The number of ketones is 1. The lowest BCUT2D eigenvalue weighted by Gasteiger charge is -2.28. The van der Waals surface area contributed by atoms with Crippen LogP contribution < -0.4 is 4.90 Å². The van der Waals surface area contributed by atoms with Crippen LogP contribution in [0.2, 0.25) is 0 Å². The number of Topliss-reactive ketones (excluding diaryl/α,β-unsaturated/α-hetero) is 1. The molecule has 0 bridgehead atoms. The van der Waals surface area contributed by atoms with E-state index in [2.05, 4.69) is 30.9 Å². The number of para-hydroxylation sites is 1. The second-order valence-corrected chi connectivity index (χ2v) is 4.77. The Labute approximate surface area is 113 Å². The summed E-state index contributed by atoms with van der Waals surface area (Å²) in [6.45, 7) is 4.95. The van der Waals surface area contributed by atoms with Crippen molar-refractivity contribution in [3.8, 4) is 0 Å². The van der Waals surface area contributed by atoms with Gasteiger partial charge in [-0.2, -0.15) is 0 Å². The summed E-state index contributed by atoms with van der Waals surface area (Å²) >= 11 is 0. The van der Waals surface area contributed by atoms with Crippen molar-refractivity contribution in [1.29, 1.82) is 0 Å². The van der Waals surface area contributed by atoms with E-state index >= 15 is 0 Å². The Balaban J connectivity index is 2.01. The molecule has 0 saturated heterocycles. The number of rotatable bonds is 6. The van der Waals surface area contributed by atoms with Gasteiger partial charge in [0.1, 0.15) is 0 Å². The summed E-state index contributed by atoms with van der Waals surface area (Å²) in [6.07, 6.45) is 1.99. The van der Waals surface area contributed by atoms with E-state index in [1.165, 1.54) is 6.26 Å². The molecule has 1 aromatic carbocycles. The van der Waals surface area contributed by atoms with Gasteiger partial charge >= 0.3 is 0 Å². The van der Waals surface area contributed by atoms with Crippen molar-refractivity contribution in [3.05, 3.63) is 54.5 Å². The Morgan fingerprint density at radius 1 is 1.16 bits per heavy atom. The lowest BCUT2D eigenvalue weighted by molar-refractivity contribution is 0.0957. The highest BCUT2D eigenvalue weighted by molar-refractivity contribution is 5.93. The molecule has 0 amide bonds. The van der Waals surface area contributed by atoms with Gasteiger partial charge in [-0.15, -0.1) is 0 Å². The van der Waals surface area contributed by atoms with Crippen LogP contribution in [-0.4, -0.2) is 18.4 Å².